The molecule has 0 saturated carbocycles. The molecule has 0 bridgehead atoms. The molecular weight excluding hydrogens is 274 g/mol. The summed E-state index contributed by atoms with van der Waals surface area (Å²) >= 11 is 0. The quantitative estimate of drug-likeness (QED) is 0.912. The third-order valence-corrected chi connectivity index (χ3v) is 3.69. The first-order valence-corrected chi connectivity index (χ1v) is 6.82. The molecule has 0 aliphatic carbocycles. The van der Waals surface area contributed by atoms with Gasteiger partial charge >= 0.3 is 0 Å². The molecular formula is C17H16F2O2. The molecule has 3 rings (SSSR count). The Morgan fingerprint density at radius 3 is 2.38 bits per heavy atom. The van der Waals surface area contributed by atoms with E-state index in [-0.39, 0.29) is 11.2 Å². The van der Waals surface area contributed by atoms with Gasteiger partial charge in [0, 0.05) is 12.0 Å². The first-order chi connectivity index (χ1) is 9.89. The Bertz CT molecular complexity index is 675. The van der Waals surface area contributed by atoms with Crippen molar-refractivity contribution in [1.82, 2.24) is 0 Å². The molecule has 110 valence electrons. The Labute approximate surface area is 122 Å². The summed E-state index contributed by atoms with van der Waals surface area (Å²) < 4.78 is 33.5. The molecule has 1 atom stereocenters. The lowest BCUT2D eigenvalue weighted by atomic mass is 9.96. The molecule has 1 N–H and O–H groups in total. The Morgan fingerprint density at radius 2 is 1.71 bits per heavy atom. The number of para-hydroxylation sites is 1. The van der Waals surface area contributed by atoms with Crippen LogP contribution in [0.15, 0.2) is 36.4 Å². The molecule has 0 amide bonds. The maximum absolute atomic E-state index is 13.8. The van der Waals surface area contributed by atoms with E-state index in [0.29, 0.717) is 17.7 Å². The summed E-state index contributed by atoms with van der Waals surface area (Å²) in [5, 5.41) is 10.4. The van der Waals surface area contributed by atoms with Crippen molar-refractivity contribution >= 4 is 0 Å². The van der Waals surface area contributed by atoms with Crippen molar-refractivity contribution in [1.29, 1.82) is 0 Å². The van der Waals surface area contributed by atoms with E-state index in [1.165, 1.54) is 6.07 Å². The van der Waals surface area contributed by atoms with Gasteiger partial charge in [0.25, 0.3) is 0 Å². The van der Waals surface area contributed by atoms with Crippen LogP contribution in [0.1, 0.15) is 36.6 Å². The molecule has 1 unspecified atom stereocenters. The SMILES string of the molecule is CC1(C)Cc2cccc(C(O)c3c(F)cccc3F)c2O1. The maximum Gasteiger partial charge on any atom is 0.132 e. The van der Waals surface area contributed by atoms with E-state index in [1.807, 2.05) is 19.9 Å². The summed E-state index contributed by atoms with van der Waals surface area (Å²) in [4.78, 5) is 0. The summed E-state index contributed by atoms with van der Waals surface area (Å²) in [7, 11) is 0. The zero-order chi connectivity index (χ0) is 15.2. The Kier molecular flexibility index (Phi) is 3.21. The van der Waals surface area contributed by atoms with Crippen molar-refractivity contribution in [2.45, 2.75) is 32.0 Å². The van der Waals surface area contributed by atoms with Crippen molar-refractivity contribution in [3.05, 3.63) is 64.7 Å². The highest BCUT2D eigenvalue weighted by atomic mass is 19.1. The second kappa shape index (κ2) is 4.81. The summed E-state index contributed by atoms with van der Waals surface area (Å²) in [6.45, 7) is 3.87. The number of fused-ring (bicyclic) bond motifs is 1. The van der Waals surface area contributed by atoms with E-state index < -0.39 is 17.7 Å². The van der Waals surface area contributed by atoms with E-state index >= 15 is 0 Å². The van der Waals surface area contributed by atoms with E-state index in [2.05, 4.69) is 0 Å². The van der Waals surface area contributed by atoms with Gasteiger partial charge in [0.05, 0.1) is 5.56 Å². The highest BCUT2D eigenvalue weighted by Crippen LogP contribution is 2.42. The lowest BCUT2D eigenvalue weighted by Gasteiger charge is -2.20. The molecule has 2 aromatic rings. The van der Waals surface area contributed by atoms with Crippen LogP contribution in [0.2, 0.25) is 0 Å². The van der Waals surface area contributed by atoms with Gasteiger partial charge in [0.15, 0.2) is 0 Å². The highest BCUT2D eigenvalue weighted by molar-refractivity contribution is 5.49. The first-order valence-electron chi connectivity index (χ1n) is 6.82. The van der Waals surface area contributed by atoms with Gasteiger partial charge in [-0.1, -0.05) is 24.3 Å². The third-order valence-electron chi connectivity index (χ3n) is 3.69. The van der Waals surface area contributed by atoms with Crippen LogP contribution in [-0.2, 0) is 6.42 Å². The number of hydrogen-bond donors (Lipinski definition) is 1. The first kappa shape index (κ1) is 14.0. The summed E-state index contributed by atoms with van der Waals surface area (Å²) in [5.41, 5.74) is 0.598. The minimum absolute atomic E-state index is 0.348. The average molecular weight is 290 g/mol. The van der Waals surface area contributed by atoms with Crippen LogP contribution in [0.3, 0.4) is 0 Å². The fourth-order valence-electron chi connectivity index (χ4n) is 2.78. The van der Waals surface area contributed by atoms with Gasteiger partial charge < -0.3 is 9.84 Å². The number of halogens is 2. The van der Waals surface area contributed by atoms with E-state index in [0.717, 1.165) is 17.7 Å². The number of aliphatic hydroxyl groups is 1. The van der Waals surface area contributed by atoms with Gasteiger partial charge in [0.1, 0.15) is 29.1 Å². The van der Waals surface area contributed by atoms with Crippen LogP contribution in [0.4, 0.5) is 8.78 Å². The molecule has 0 fully saturated rings. The summed E-state index contributed by atoms with van der Waals surface area (Å²) in [6, 6.07) is 8.84. The molecule has 2 aromatic carbocycles. The van der Waals surface area contributed by atoms with Gasteiger partial charge in [-0.25, -0.2) is 8.78 Å². The van der Waals surface area contributed by atoms with Crippen LogP contribution < -0.4 is 4.74 Å². The van der Waals surface area contributed by atoms with Crippen molar-refractivity contribution < 1.29 is 18.6 Å². The molecule has 1 heterocycles. The number of rotatable bonds is 2. The molecule has 4 heteroatoms. The lowest BCUT2D eigenvalue weighted by Crippen LogP contribution is -2.25. The van der Waals surface area contributed by atoms with E-state index in [4.69, 9.17) is 4.74 Å². The van der Waals surface area contributed by atoms with E-state index in [9.17, 15) is 13.9 Å². The van der Waals surface area contributed by atoms with Crippen molar-refractivity contribution in [3.63, 3.8) is 0 Å². The largest absolute Gasteiger partial charge is 0.487 e. The van der Waals surface area contributed by atoms with Gasteiger partial charge in [-0.05, 0) is 31.5 Å². The Balaban J connectivity index is 2.09. The summed E-state index contributed by atoms with van der Waals surface area (Å²) in [5.74, 6) is -1.01. The maximum atomic E-state index is 13.8. The summed E-state index contributed by atoms with van der Waals surface area (Å²) in [6.07, 6.45) is -0.696. The zero-order valence-corrected chi connectivity index (χ0v) is 11.9. The highest BCUT2D eigenvalue weighted by Gasteiger charge is 2.34. The minimum Gasteiger partial charge on any atom is -0.487 e. The molecule has 0 radical (unpaired) electrons. The Hall–Kier alpha value is -1.94. The zero-order valence-electron chi connectivity index (χ0n) is 11.9. The molecule has 1 aliphatic rings. The standard InChI is InChI=1S/C17H16F2O2/c1-17(2)9-10-5-3-6-11(16(10)21-17)15(20)14-12(18)7-4-8-13(14)19/h3-8,15,20H,9H2,1-2H3. The second-order valence-corrected chi connectivity index (χ2v) is 5.91. The monoisotopic (exact) mass is 290 g/mol. The molecule has 0 aromatic heterocycles. The van der Waals surface area contributed by atoms with Gasteiger partial charge in [-0.2, -0.15) is 0 Å². The minimum atomic E-state index is -1.39. The number of ether oxygens (including phenoxy) is 1. The van der Waals surface area contributed by atoms with Crippen LogP contribution in [0, 0.1) is 11.6 Å². The van der Waals surface area contributed by atoms with Gasteiger partial charge in [-0.3, -0.25) is 0 Å². The predicted molar refractivity (Wildman–Crippen MR) is 75.3 cm³/mol. The molecule has 21 heavy (non-hydrogen) atoms. The topological polar surface area (TPSA) is 29.5 Å². The van der Waals surface area contributed by atoms with Gasteiger partial charge in [0.2, 0.25) is 0 Å². The molecule has 1 aliphatic heterocycles. The molecule has 0 spiro atoms. The predicted octanol–water partition coefficient (Wildman–Crippen LogP) is 3.76. The number of aliphatic hydroxyl groups excluding tert-OH is 1. The lowest BCUT2D eigenvalue weighted by molar-refractivity contribution is 0.130. The Morgan fingerprint density at radius 1 is 1.10 bits per heavy atom. The van der Waals surface area contributed by atoms with Crippen molar-refractivity contribution in [3.8, 4) is 5.75 Å². The number of hydrogen-bond acceptors (Lipinski definition) is 2. The normalized spacial score (nSPS) is 17.2. The number of benzene rings is 2. The van der Waals surface area contributed by atoms with Crippen molar-refractivity contribution in [2.24, 2.45) is 0 Å². The molecule has 2 nitrogen and oxygen atoms in total. The molecule has 0 saturated heterocycles. The van der Waals surface area contributed by atoms with Gasteiger partial charge in [-0.15, -0.1) is 0 Å². The smallest absolute Gasteiger partial charge is 0.132 e. The van der Waals surface area contributed by atoms with Crippen molar-refractivity contribution in [2.75, 3.05) is 0 Å². The fraction of sp³-hybridized carbons (Fsp3) is 0.294. The van der Waals surface area contributed by atoms with E-state index in [1.54, 1.807) is 12.1 Å². The van der Waals surface area contributed by atoms with Crippen LogP contribution in [0.25, 0.3) is 0 Å². The second-order valence-electron chi connectivity index (χ2n) is 5.91. The average Bonchev–Trinajstić information content (AvgIpc) is 2.71. The van der Waals surface area contributed by atoms with Crippen LogP contribution >= 0.6 is 0 Å². The van der Waals surface area contributed by atoms with Crippen LogP contribution in [0.5, 0.6) is 5.75 Å². The van der Waals surface area contributed by atoms with Crippen LogP contribution in [-0.4, -0.2) is 10.7 Å². The fourth-order valence-corrected chi connectivity index (χ4v) is 2.78. The third kappa shape index (κ3) is 2.40.